The third kappa shape index (κ3) is 2.69. The standard InChI is InChI=1S/C10H12INO/c1-2-3-7-4-5-9(11)8(6-7)10(12)13/h4-6H,2-3H2,1H3,(H2,12,13). The lowest BCUT2D eigenvalue weighted by molar-refractivity contribution is 0.0999. The molecule has 0 aliphatic rings. The molecule has 0 aliphatic heterocycles. The molecule has 0 aliphatic carbocycles. The summed E-state index contributed by atoms with van der Waals surface area (Å²) >= 11 is 2.12. The minimum Gasteiger partial charge on any atom is -0.366 e. The normalized spacial score (nSPS) is 10.0. The average molecular weight is 289 g/mol. The average Bonchev–Trinajstić information content (AvgIpc) is 2.08. The molecular weight excluding hydrogens is 277 g/mol. The van der Waals surface area contributed by atoms with Crippen molar-refractivity contribution in [2.24, 2.45) is 5.73 Å². The van der Waals surface area contributed by atoms with E-state index in [2.05, 4.69) is 29.5 Å². The van der Waals surface area contributed by atoms with Crippen molar-refractivity contribution in [2.45, 2.75) is 19.8 Å². The second-order valence-corrected chi connectivity index (χ2v) is 4.09. The van der Waals surface area contributed by atoms with Gasteiger partial charge in [0, 0.05) is 3.57 Å². The molecule has 0 unspecified atom stereocenters. The molecule has 0 saturated carbocycles. The molecule has 13 heavy (non-hydrogen) atoms. The zero-order valence-corrected chi connectivity index (χ0v) is 9.67. The number of aryl methyl sites for hydroxylation is 1. The first-order valence-electron chi connectivity index (χ1n) is 4.23. The van der Waals surface area contributed by atoms with Crippen LogP contribution >= 0.6 is 22.6 Å². The molecule has 1 aromatic rings. The van der Waals surface area contributed by atoms with Crippen LogP contribution in [0.15, 0.2) is 18.2 Å². The third-order valence-corrected chi connectivity index (χ3v) is 2.78. The van der Waals surface area contributed by atoms with Gasteiger partial charge in [-0.3, -0.25) is 4.79 Å². The Morgan fingerprint density at radius 1 is 1.54 bits per heavy atom. The number of nitrogens with two attached hydrogens (primary N) is 1. The lowest BCUT2D eigenvalue weighted by Crippen LogP contribution is -2.13. The summed E-state index contributed by atoms with van der Waals surface area (Å²) in [5.41, 5.74) is 7.04. The van der Waals surface area contributed by atoms with Crippen LogP contribution in [0.3, 0.4) is 0 Å². The summed E-state index contributed by atoms with van der Waals surface area (Å²) in [6, 6.07) is 5.86. The van der Waals surface area contributed by atoms with Crippen LogP contribution in [-0.2, 0) is 6.42 Å². The molecule has 1 amide bonds. The van der Waals surface area contributed by atoms with Gasteiger partial charge in [-0.25, -0.2) is 0 Å². The Morgan fingerprint density at radius 3 is 2.77 bits per heavy atom. The molecule has 0 aromatic heterocycles. The van der Waals surface area contributed by atoms with E-state index in [1.54, 1.807) is 0 Å². The van der Waals surface area contributed by atoms with Crippen molar-refractivity contribution in [3.63, 3.8) is 0 Å². The number of rotatable bonds is 3. The van der Waals surface area contributed by atoms with E-state index in [0.717, 1.165) is 16.4 Å². The van der Waals surface area contributed by atoms with Crippen molar-refractivity contribution in [1.29, 1.82) is 0 Å². The van der Waals surface area contributed by atoms with E-state index >= 15 is 0 Å². The van der Waals surface area contributed by atoms with E-state index < -0.39 is 0 Å². The van der Waals surface area contributed by atoms with Crippen LogP contribution in [0.2, 0.25) is 0 Å². The number of carbonyl (C=O) groups is 1. The number of primary amides is 1. The SMILES string of the molecule is CCCc1ccc(I)c(C(N)=O)c1. The molecule has 1 aromatic carbocycles. The van der Waals surface area contributed by atoms with Crippen molar-refractivity contribution in [3.8, 4) is 0 Å². The van der Waals surface area contributed by atoms with Gasteiger partial charge in [-0.1, -0.05) is 19.4 Å². The molecule has 70 valence electrons. The predicted octanol–water partition coefficient (Wildman–Crippen LogP) is 2.34. The Hall–Kier alpha value is -0.580. The Bertz CT molecular complexity index is 323. The number of halogens is 1. The number of hydrogen-bond acceptors (Lipinski definition) is 1. The molecule has 0 spiro atoms. The minimum atomic E-state index is -0.345. The monoisotopic (exact) mass is 289 g/mol. The van der Waals surface area contributed by atoms with Gasteiger partial charge >= 0.3 is 0 Å². The molecule has 0 bridgehead atoms. The fourth-order valence-electron chi connectivity index (χ4n) is 1.21. The highest BCUT2D eigenvalue weighted by molar-refractivity contribution is 14.1. The van der Waals surface area contributed by atoms with E-state index in [1.165, 1.54) is 5.56 Å². The van der Waals surface area contributed by atoms with E-state index in [9.17, 15) is 4.79 Å². The van der Waals surface area contributed by atoms with Gasteiger partial charge in [-0.05, 0) is 46.7 Å². The molecular formula is C10H12INO. The summed E-state index contributed by atoms with van der Waals surface area (Å²) in [7, 11) is 0. The maximum absolute atomic E-state index is 11.0. The van der Waals surface area contributed by atoms with Crippen LogP contribution in [-0.4, -0.2) is 5.91 Å². The van der Waals surface area contributed by atoms with Crippen LogP contribution < -0.4 is 5.73 Å². The number of benzene rings is 1. The van der Waals surface area contributed by atoms with Crippen LogP contribution in [0.25, 0.3) is 0 Å². The smallest absolute Gasteiger partial charge is 0.249 e. The molecule has 0 atom stereocenters. The van der Waals surface area contributed by atoms with Crippen LogP contribution in [0.5, 0.6) is 0 Å². The molecule has 2 nitrogen and oxygen atoms in total. The minimum absolute atomic E-state index is 0.345. The number of hydrogen-bond donors (Lipinski definition) is 1. The topological polar surface area (TPSA) is 43.1 Å². The Kier molecular flexibility index (Phi) is 3.71. The Morgan fingerprint density at radius 2 is 2.23 bits per heavy atom. The van der Waals surface area contributed by atoms with Gasteiger partial charge in [0.1, 0.15) is 0 Å². The van der Waals surface area contributed by atoms with Gasteiger partial charge < -0.3 is 5.73 Å². The molecule has 0 fully saturated rings. The Labute approximate surface area is 91.7 Å². The second-order valence-electron chi connectivity index (χ2n) is 2.93. The summed E-state index contributed by atoms with van der Waals surface area (Å²) < 4.78 is 0.921. The molecule has 2 N–H and O–H groups in total. The summed E-state index contributed by atoms with van der Waals surface area (Å²) in [5, 5.41) is 0. The lowest BCUT2D eigenvalue weighted by Gasteiger charge is -2.03. The fraction of sp³-hybridized carbons (Fsp3) is 0.300. The van der Waals surface area contributed by atoms with Crippen LogP contribution in [0.1, 0.15) is 29.3 Å². The first-order chi connectivity index (χ1) is 6.15. The summed E-state index contributed by atoms with van der Waals surface area (Å²) in [6.45, 7) is 2.11. The summed E-state index contributed by atoms with van der Waals surface area (Å²) in [5.74, 6) is -0.345. The highest BCUT2D eigenvalue weighted by Crippen LogP contribution is 2.14. The second kappa shape index (κ2) is 4.60. The van der Waals surface area contributed by atoms with Crippen molar-refractivity contribution in [1.82, 2.24) is 0 Å². The zero-order valence-electron chi connectivity index (χ0n) is 7.51. The largest absolute Gasteiger partial charge is 0.366 e. The maximum Gasteiger partial charge on any atom is 0.249 e. The van der Waals surface area contributed by atoms with Gasteiger partial charge in [0.2, 0.25) is 5.91 Å². The molecule has 0 saturated heterocycles. The van der Waals surface area contributed by atoms with E-state index in [1.807, 2.05) is 18.2 Å². The highest BCUT2D eigenvalue weighted by atomic mass is 127. The first-order valence-corrected chi connectivity index (χ1v) is 5.31. The number of amides is 1. The highest BCUT2D eigenvalue weighted by Gasteiger charge is 2.06. The van der Waals surface area contributed by atoms with Crippen molar-refractivity contribution in [3.05, 3.63) is 32.9 Å². The quantitative estimate of drug-likeness (QED) is 0.853. The lowest BCUT2D eigenvalue weighted by atomic mass is 10.1. The fourth-order valence-corrected chi connectivity index (χ4v) is 1.81. The van der Waals surface area contributed by atoms with Crippen LogP contribution in [0, 0.1) is 3.57 Å². The van der Waals surface area contributed by atoms with Gasteiger partial charge in [0.15, 0.2) is 0 Å². The van der Waals surface area contributed by atoms with Crippen molar-refractivity contribution < 1.29 is 4.79 Å². The van der Waals surface area contributed by atoms with Gasteiger partial charge in [-0.15, -0.1) is 0 Å². The maximum atomic E-state index is 11.0. The van der Waals surface area contributed by atoms with Crippen LogP contribution in [0.4, 0.5) is 0 Å². The van der Waals surface area contributed by atoms with Crippen molar-refractivity contribution >= 4 is 28.5 Å². The van der Waals surface area contributed by atoms with E-state index in [4.69, 9.17) is 5.73 Å². The van der Waals surface area contributed by atoms with Gasteiger partial charge in [-0.2, -0.15) is 0 Å². The Balaban J connectivity index is 3.04. The molecule has 3 heteroatoms. The summed E-state index contributed by atoms with van der Waals surface area (Å²) in [6.07, 6.45) is 2.08. The molecule has 0 heterocycles. The van der Waals surface area contributed by atoms with E-state index in [-0.39, 0.29) is 5.91 Å². The number of carbonyl (C=O) groups excluding carboxylic acids is 1. The predicted molar refractivity (Wildman–Crippen MR) is 61.7 cm³/mol. The summed E-state index contributed by atoms with van der Waals surface area (Å²) in [4.78, 5) is 11.0. The van der Waals surface area contributed by atoms with E-state index in [0.29, 0.717) is 5.56 Å². The third-order valence-electron chi connectivity index (χ3n) is 1.83. The van der Waals surface area contributed by atoms with Crippen molar-refractivity contribution in [2.75, 3.05) is 0 Å². The van der Waals surface area contributed by atoms with Gasteiger partial charge in [0.05, 0.1) is 5.56 Å². The molecule has 0 radical (unpaired) electrons. The molecule has 1 rings (SSSR count). The zero-order chi connectivity index (χ0) is 9.84. The van der Waals surface area contributed by atoms with Gasteiger partial charge in [0.25, 0.3) is 0 Å². The first kappa shape index (κ1) is 10.5.